The molecule has 0 radical (unpaired) electrons. The molecule has 0 spiro atoms. The number of aromatic nitrogens is 3. The van der Waals surface area contributed by atoms with E-state index >= 15 is 0 Å². The third-order valence-electron chi connectivity index (χ3n) is 7.23. The van der Waals surface area contributed by atoms with Gasteiger partial charge in [0.1, 0.15) is 4.88 Å². The summed E-state index contributed by atoms with van der Waals surface area (Å²) in [4.78, 5) is 8.99. The minimum atomic E-state index is -5.05. The Morgan fingerprint density at radius 2 is 1.73 bits per heavy atom. The second-order valence-corrected chi connectivity index (χ2v) is 10.9. The largest absolute Gasteiger partial charge is 0.492 e. The molecular weight excluding hydrogens is 556 g/mol. The Kier molecular flexibility index (Phi) is 6.53. The van der Waals surface area contributed by atoms with Crippen molar-refractivity contribution in [1.82, 2.24) is 20.1 Å². The first-order chi connectivity index (χ1) is 19.0. The SMILES string of the molecule is Oc1nc(N2CCN(C3CC3)CC2)sc1C(=Cc1ccc(C(F)(F)F)cc1C(F)(F)F)c1ccc2[nH]ncc2c1. The second kappa shape index (κ2) is 9.81. The fourth-order valence-corrected chi connectivity index (χ4v) is 6.03. The summed E-state index contributed by atoms with van der Waals surface area (Å²) in [5.41, 5.74) is -1.94. The quantitative estimate of drug-likeness (QED) is 0.205. The number of alkyl halides is 6. The zero-order chi connectivity index (χ0) is 28.2. The normalized spacial score (nSPS) is 17.6. The van der Waals surface area contributed by atoms with Crippen LogP contribution in [0.3, 0.4) is 0 Å². The average Bonchev–Trinajstić information content (AvgIpc) is 3.53. The molecule has 2 fully saturated rings. The molecule has 0 unspecified atom stereocenters. The summed E-state index contributed by atoms with van der Waals surface area (Å²) in [7, 11) is 0. The monoisotopic (exact) mass is 579 g/mol. The fraction of sp³-hybridized carbons (Fsp3) is 0.333. The molecule has 4 aromatic rings. The van der Waals surface area contributed by atoms with Gasteiger partial charge in [0.05, 0.1) is 22.8 Å². The highest BCUT2D eigenvalue weighted by Crippen LogP contribution is 2.43. The summed E-state index contributed by atoms with van der Waals surface area (Å²) in [6.45, 7) is 3.08. The Labute approximate surface area is 228 Å². The number of nitrogens with one attached hydrogen (secondary N) is 1. The highest BCUT2D eigenvalue weighted by atomic mass is 32.1. The van der Waals surface area contributed by atoms with Gasteiger partial charge in [-0.3, -0.25) is 10.00 Å². The van der Waals surface area contributed by atoms with E-state index < -0.39 is 29.0 Å². The highest BCUT2D eigenvalue weighted by molar-refractivity contribution is 7.17. The number of hydrogen-bond donors (Lipinski definition) is 2. The molecule has 1 aliphatic carbocycles. The van der Waals surface area contributed by atoms with Crippen molar-refractivity contribution < 1.29 is 31.4 Å². The number of aromatic hydroxyl groups is 1. The van der Waals surface area contributed by atoms with E-state index in [0.717, 1.165) is 36.6 Å². The van der Waals surface area contributed by atoms with Crippen molar-refractivity contribution in [3.8, 4) is 5.88 Å². The summed E-state index contributed by atoms with van der Waals surface area (Å²) in [6, 6.07) is 7.19. The van der Waals surface area contributed by atoms with Gasteiger partial charge in [0.25, 0.3) is 0 Å². The third kappa shape index (κ3) is 5.27. The van der Waals surface area contributed by atoms with Crippen LogP contribution in [0.1, 0.15) is 40.0 Å². The Hall–Kier alpha value is -3.58. The van der Waals surface area contributed by atoms with Gasteiger partial charge in [-0.2, -0.15) is 36.4 Å². The van der Waals surface area contributed by atoms with Crippen LogP contribution in [-0.2, 0) is 12.4 Å². The lowest BCUT2D eigenvalue weighted by Gasteiger charge is -2.34. The van der Waals surface area contributed by atoms with Crippen LogP contribution in [0, 0.1) is 0 Å². The van der Waals surface area contributed by atoms with Crippen LogP contribution >= 0.6 is 11.3 Å². The minimum absolute atomic E-state index is 0.111. The molecule has 3 heterocycles. The number of rotatable bonds is 5. The standard InChI is InChI=1S/C27H23F6N5OS/c28-26(29,30)18-3-1-16(21(13-18)27(31,32)33)12-20(15-2-6-22-17(11-15)14-34-36-22)23-24(39)35-25(40-23)38-9-7-37(8-10-38)19-4-5-19/h1-3,6,11-14,19,39H,4-5,7-10H2,(H,34,36). The van der Waals surface area contributed by atoms with Gasteiger partial charge in [-0.05, 0) is 54.3 Å². The molecule has 0 atom stereocenters. The van der Waals surface area contributed by atoms with Crippen LogP contribution in [0.25, 0.3) is 22.6 Å². The molecule has 1 aliphatic heterocycles. The average molecular weight is 580 g/mol. The summed E-state index contributed by atoms with van der Waals surface area (Å²) in [5, 5.41) is 18.9. The smallest absolute Gasteiger partial charge is 0.417 e. The van der Waals surface area contributed by atoms with Crippen LogP contribution in [0.4, 0.5) is 31.5 Å². The maximum atomic E-state index is 14.0. The number of nitrogens with zero attached hydrogens (tertiary/aromatic N) is 4. The summed E-state index contributed by atoms with van der Waals surface area (Å²) >= 11 is 1.13. The van der Waals surface area contributed by atoms with Gasteiger partial charge in [0, 0.05) is 43.2 Å². The van der Waals surface area contributed by atoms with Gasteiger partial charge in [-0.1, -0.05) is 23.5 Å². The van der Waals surface area contributed by atoms with Gasteiger partial charge in [0.15, 0.2) is 5.13 Å². The molecule has 13 heteroatoms. The molecule has 2 aromatic heterocycles. The molecule has 0 amide bonds. The molecule has 2 N–H and O–H groups in total. The van der Waals surface area contributed by atoms with Crippen LogP contribution in [0.2, 0.25) is 0 Å². The zero-order valence-corrected chi connectivity index (χ0v) is 21.7. The van der Waals surface area contributed by atoms with Crippen LogP contribution in [0.15, 0.2) is 42.6 Å². The maximum Gasteiger partial charge on any atom is 0.417 e. The number of hydrogen-bond acceptors (Lipinski definition) is 6. The van der Waals surface area contributed by atoms with E-state index in [-0.39, 0.29) is 22.4 Å². The Bertz CT molecular complexity index is 1580. The summed E-state index contributed by atoms with van der Waals surface area (Å²) in [6.07, 6.45) is -4.89. The van der Waals surface area contributed by atoms with E-state index in [1.165, 1.54) is 12.8 Å². The molecular formula is C27H23F6N5OS. The molecule has 2 aliphatic rings. The number of fused-ring (bicyclic) bond motifs is 1. The second-order valence-electron chi connectivity index (χ2n) is 9.93. The van der Waals surface area contributed by atoms with Crippen molar-refractivity contribution in [3.05, 3.63) is 69.7 Å². The minimum Gasteiger partial charge on any atom is -0.492 e. The number of piperazine rings is 1. The zero-order valence-electron chi connectivity index (χ0n) is 20.9. The third-order valence-corrected chi connectivity index (χ3v) is 8.37. The van der Waals surface area contributed by atoms with Crippen molar-refractivity contribution in [1.29, 1.82) is 0 Å². The van der Waals surface area contributed by atoms with E-state index in [4.69, 9.17) is 0 Å². The van der Waals surface area contributed by atoms with Crippen molar-refractivity contribution in [3.63, 3.8) is 0 Å². The molecule has 1 saturated carbocycles. The Balaban J connectivity index is 1.45. The molecule has 210 valence electrons. The fourth-order valence-electron chi connectivity index (χ4n) is 4.98. The predicted molar refractivity (Wildman–Crippen MR) is 140 cm³/mol. The van der Waals surface area contributed by atoms with Crippen LogP contribution in [-0.4, -0.2) is 57.4 Å². The first kappa shape index (κ1) is 26.6. The lowest BCUT2D eigenvalue weighted by atomic mass is 9.96. The van der Waals surface area contributed by atoms with E-state index in [9.17, 15) is 31.4 Å². The van der Waals surface area contributed by atoms with Gasteiger partial charge in [0.2, 0.25) is 5.88 Å². The van der Waals surface area contributed by atoms with E-state index in [1.807, 2.05) is 4.90 Å². The first-order valence-electron chi connectivity index (χ1n) is 12.6. The van der Waals surface area contributed by atoms with Crippen molar-refractivity contribution in [2.75, 3.05) is 31.1 Å². The molecule has 0 bridgehead atoms. The molecule has 1 saturated heterocycles. The lowest BCUT2D eigenvalue weighted by Crippen LogP contribution is -2.47. The topological polar surface area (TPSA) is 68.3 Å². The van der Waals surface area contributed by atoms with Crippen molar-refractivity contribution in [2.45, 2.75) is 31.2 Å². The number of thiazole rings is 1. The lowest BCUT2D eigenvalue weighted by molar-refractivity contribution is -0.143. The van der Waals surface area contributed by atoms with Crippen LogP contribution in [0.5, 0.6) is 5.88 Å². The van der Waals surface area contributed by atoms with E-state index in [2.05, 4.69) is 20.1 Å². The Morgan fingerprint density at radius 3 is 2.40 bits per heavy atom. The van der Waals surface area contributed by atoms with Crippen LogP contribution < -0.4 is 4.90 Å². The van der Waals surface area contributed by atoms with Gasteiger partial charge >= 0.3 is 12.4 Å². The number of aromatic amines is 1. The van der Waals surface area contributed by atoms with Gasteiger partial charge in [-0.25, -0.2) is 0 Å². The highest BCUT2D eigenvalue weighted by Gasteiger charge is 2.38. The molecule has 40 heavy (non-hydrogen) atoms. The summed E-state index contributed by atoms with van der Waals surface area (Å²) in [5.74, 6) is -0.358. The Morgan fingerprint density at radius 1 is 0.975 bits per heavy atom. The maximum absolute atomic E-state index is 14.0. The number of halogens is 6. The first-order valence-corrected chi connectivity index (χ1v) is 13.4. The predicted octanol–water partition coefficient (Wildman–Crippen LogP) is 6.64. The van der Waals surface area contributed by atoms with E-state index in [0.29, 0.717) is 46.8 Å². The summed E-state index contributed by atoms with van der Waals surface area (Å²) < 4.78 is 81.7. The molecule has 2 aromatic carbocycles. The molecule has 6 rings (SSSR count). The van der Waals surface area contributed by atoms with Crippen molar-refractivity contribution >= 4 is 39.0 Å². The molecule has 6 nitrogen and oxygen atoms in total. The van der Waals surface area contributed by atoms with Gasteiger partial charge in [-0.15, -0.1) is 0 Å². The van der Waals surface area contributed by atoms with E-state index in [1.54, 1.807) is 24.4 Å². The number of anilines is 1. The van der Waals surface area contributed by atoms with Crippen molar-refractivity contribution in [2.24, 2.45) is 0 Å². The van der Waals surface area contributed by atoms with Gasteiger partial charge < -0.3 is 10.0 Å². The number of H-pyrrole nitrogens is 1. The number of benzene rings is 2.